The van der Waals surface area contributed by atoms with E-state index in [9.17, 15) is 0 Å². The van der Waals surface area contributed by atoms with Crippen molar-refractivity contribution < 1.29 is 4.74 Å². The van der Waals surface area contributed by atoms with Gasteiger partial charge in [0.05, 0.1) is 13.2 Å². The Morgan fingerprint density at radius 1 is 1.05 bits per heavy atom. The lowest BCUT2D eigenvalue weighted by molar-refractivity contribution is 0.122. The molecule has 4 heteroatoms. The summed E-state index contributed by atoms with van der Waals surface area (Å²) in [5, 5.41) is 0. The fraction of sp³-hybridized carbons (Fsp3) is 0.389. The number of aromatic nitrogens is 1. The van der Waals surface area contributed by atoms with Gasteiger partial charge in [-0.05, 0) is 43.4 Å². The standard InChI is InChI=1S/C18H23N3O/c1-20(2)14-15-11-17(13-19-12-15)16-3-5-18(6-4-16)21-7-9-22-10-8-21/h3-6,11-13H,7-10,14H2,1-2H3. The van der Waals surface area contributed by atoms with Gasteiger partial charge in [0.25, 0.3) is 0 Å². The molecule has 1 saturated heterocycles. The molecule has 0 radical (unpaired) electrons. The van der Waals surface area contributed by atoms with Gasteiger partial charge in [0, 0.05) is 43.3 Å². The lowest BCUT2D eigenvalue weighted by atomic mass is 10.1. The first kappa shape index (κ1) is 15.0. The van der Waals surface area contributed by atoms with Crippen molar-refractivity contribution in [1.29, 1.82) is 0 Å². The molecular weight excluding hydrogens is 274 g/mol. The number of rotatable bonds is 4. The van der Waals surface area contributed by atoms with Gasteiger partial charge in [-0.25, -0.2) is 0 Å². The number of anilines is 1. The predicted molar refractivity (Wildman–Crippen MR) is 90.1 cm³/mol. The van der Waals surface area contributed by atoms with Crippen molar-refractivity contribution in [2.24, 2.45) is 0 Å². The Kier molecular flexibility index (Phi) is 4.71. The van der Waals surface area contributed by atoms with E-state index in [0.29, 0.717) is 0 Å². The van der Waals surface area contributed by atoms with Crippen molar-refractivity contribution in [3.8, 4) is 11.1 Å². The Balaban J connectivity index is 1.77. The highest BCUT2D eigenvalue weighted by Crippen LogP contribution is 2.24. The van der Waals surface area contributed by atoms with Crippen LogP contribution in [0.15, 0.2) is 42.7 Å². The van der Waals surface area contributed by atoms with Crippen molar-refractivity contribution in [2.45, 2.75) is 6.54 Å². The second kappa shape index (κ2) is 6.90. The normalized spacial score (nSPS) is 15.3. The van der Waals surface area contributed by atoms with Crippen LogP contribution in [0.25, 0.3) is 11.1 Å². The summed E-state index contributed by atoms with van der Waals surface area (Å²) in [6.45, 7) is 4.49. The smallest absolute Gasteiger partial charge is 0.0642 e. The highest BCUT2D eigenvalue weighted by Gasteiger charge is 2.11. The van der Waals surface area contributed by atoms with Crippen LogP contribution in [0.3, 0.4) is 0 Å². The number of hydrogen-bond acceptors (Lipinski definition) is 4. The fourth-order valence-corrected chi connectivity index (χ4v) is 2.78. The van der Waals surface area contributed by atoms with Gasteiger partial charge in [0.15, 0.2) is 0 Å². The molecule has 1 aromatic heterocycles. The number of ether oxygens (including phenoxy) is 1. The Morgan fingerprint density at radius 2 is 1.77 bits per heavy atom. The van der Waals surface area contributed by atoms with Crippen LogP contribution in [0.4, 0.5) is 5.69 Å². The first-order valence-electron chi connectivity index (χ1n) is 7.74. The molecular formula is C18H23N3O. The summed E-state index contributed by atoms with van der Waals surface area (Å²) in [6, 6.07) is 11.0. The van der Waals surface area contributed by atoms with Gasteiger partial charge in [0.2, 0.25) is 0 Å². The van der Waals surface area contributed by atoms with Gasteiger partial charge in [-0.3, -0.25) is 4.98 Å². The zero-order valence-corrected chi connectivity index (χ0v) is 13.3. The van der Waals surface area contributed by atoms with Gasteiger partial charge in [0.1, 0.15) is 0 Å². The molecule has 0 amide bonds. The van der Waals surface area contributed by atoms with E-state index in [0.717, 1.165) is 32.8 Å². The highest BCUT2D eigenvalue weighted by atomic mass is 16.5. The van der Waals surface area contributed by atoms with Crippen LogP contribution in [0, 0.1) is 0 Å². The maximum Gasteiger partial charge on any atom is 0.0642 e. The zero-order chi connectivity index (χ0) is 15.4. The first-order valence-corrected chi connectivity index (χ1v) is 7.74. The Hall–Kier alpha value is -1.91. The van der Waals surface area contributed by atoms with Crippen LogP contribution in [0.2, 0.25) is 0 Å². The lowest BCUT2D eigenvalue weighted by Gasteiger charge is -2.28. The van der Waals surface area contributed by atoms with Crippen LogP contribution in [0.5, 0.6) is 0 Å². The first-order chi connectivity index (χ1) is 10.7. The molecule has 3 rings (SSSR count). The second-order valence-electron chi connectivity index (χ2n) is 5.97. The molecule has 0 atom stereocenters. The fourth-order valence-electron chi connectivity index (χ4n) is 2.78. The van der Waals surface area contributed by atoms with E-state index in [4.69, 9.17) is 4.74 Å². The Labute approximate surface area is 132 Å². The molecule has 1 aliphatic rings. The summed E-state index contributed by atoms with van der Waals surface area (Å²) in [6.07, 6.45) is 3.87. The van der Waals surface area contributed by atoms with Crippen LogP contribution in [0.1, 0.15) is 5.56 Å². The van der Waals surface area contributed by atoms with E-state index >= 15 is 0 Å². The largest absolute Gasteiger partial charge is 0.378 e. The third-order valence-corrected chi connectivity index (χ3v) is 3.87. The van der Waals surface area contributed by atoms with Gasteiger partial charge >= 0.3 is 0 Å². The SMILES string of the molecule is CN(C)Cc1cncc(-c2ccc(N3CCOCC3)cc2)c1. The number of morpholine rings is 1. The Morgan fingerprint density at radius 3 is 2.45 bits per heavy atom. The molecule has 0 aliphatic carbocycles. The van der Waals surface area contributed by atoms with Crippen molar-refractivity contribution in [3.63, 3.8) is 0 Å². The van der Waals surface area contributed by atoms with E-state index in [-0.39, 0.29) is 0 Å². The monoisotopic (exact) mass is 297 g/mol. The molecule has 2 heterocycles. The number of benzene rings is 1. The van der Waals surface area contributed by atoms with E-state index in [1.165, 1.54) is 22.4 Å². The quantitative estimate of drug-likeness (QED) is 0.867. The van der Waals surface area contributed by atoms with Gasteiger partial charge in [-0.15, -0.1) is 0 Å². The van der Waals surface area contributed by atoms with Gasteiger partial charge in [-0.2, -0.15) is 0 Å². The van der Waals surface area contributed by atoms with Crippen molar-refractivity contribution in [2.75, 3.05) is 45.3 Å². The second-order valence-corrected chi connectivity index (χ2v) is 5.97. The summed E-state index contributed by atoms with van der Waals surface area (Å²) >= 11 is 0. The van der Waals surface area contributed by atoms with E-state index in [2.05, 4.69) is 59.2 Å². The molecule has 1 aliphatic heterocycles. The van der Waals surface area contributed by atoms with Crippen LogP contribution < -0.4 is 4.90 Å². The molecule has 0 bridgehead atoms. The zero-order valence-electron chi connectivity index (χ0n) is 13.3. The molecule has 0 spiro atoms. The minimum Gasteiger partial charge on any atom is -0.378 e. The topological polar surface area (TPSA) is 28.6 Å². The molecule has 0 N–H and O–H groups in total. The summed E-state index contributed by atoms with van der Waals surface area (Å²) in [5.74, 6) is 0. The summed E-state index contributed by atoms with van der Waals surface area (Å²) in [7, 11) is 4.15. The number of nitrogens with zero attached hydrogens (tertiary/aromatic N) is 3. The molecule has 0 saturated carbocycles. The van der Waals surface area contributed by atoms with Crippen molar-refractivity contribution in [3.05, 3.63) is 48.3 Å². The maximum absolute atomic E-state index is 5.41. The van der Waals surface area contributed by atoms with Gasteiger partial charge < -0.3 is 14.5 Å². The number of hydrogen-bond donors (Lipinski definition) is 0. The van der Waals surface area contributed by atoms with E-state index in [1.807, 2.05) is 12.4 Å². The molecule has 1 fully saturated rings. The lowest BCUT2D eigenvalue weighted by Crippen LogP contribution is -2.36. The summed E-state index contributed by atoms with van der Waals surface area (Å²) in [4.78, 5) is 8.90. The van der Waals surface area contributed by atoms with Crippen LogP contribution in [-0.2, 0) is 11.3 Å². The molecule has 22 heavy (non-hydrogen) atoms. The average molecular weight is 297 g/mol. The summed E-state index contributed by atoms with van der Waals surface area (Å²) in [5.41, 5.74) is 4.89. The predicted octanol–water partition coefficient (Wildman–Crippen LogP) is 2.65. The number of pyridine rings is 1. The summed E-state index contributed by atoms with van der Waals surface area (Å²) < 4.78 is 5.41. The minimum absolute atomic E-state index is 0.818. The average Bonchev–Trinajstić information content (AvgIpc) is 2.55. The van der Waals surface area contributed by atoms with Gasteiger partial charge in [-0.1, -0.05) is 12.1 Å². The van der Waals surface area contributed by atoms with E-state index < -0.39 is 0 Å². The van der Waals surface area contributed by atoms with Crippen LogP contribution in [-0.4, -0.2) is 50.3 Å². The third-order valence-electron chi connectivity index (χ3n) is 3.87. The van der Waals surface area contributed by atoms with Crippen LogP contribution >= 0.6 is 0 Å². The maximum atomic E-state index is 5.41. The van der Waals surface area contributed by atoms with Crippen molar-refractivity contribution >= 4 is 5.69 Å². The molecule has 116 valence electrons. The highest BCUT2D eigenvalue weighted by molar-refractivity contribution is 5.66. The third kappa shape index (κ3) is 3.64. The molecule has 4 nitrogen and oxygen atoms in total. The molecule has 0 unspecified atom stereocenters. The molecule has 1 aromatic carbocycles. The Bertz CT molecular complexity index is 604. The minimum atomic E-state index is 0.818. The van der Waals surface area contributed by atoms with E-state index in [1.54, 1.807) is 0 Å². The molecule has 2 aromatic rings. The van der Waals surface area contributed by atoms with Crippen molar-refractivity contribution in [1.82, 2.24) is 9.88 Å².